The van der Waals surface area contributed by atoms with Crippen LogP contribution in [0.25, 0.3) is 0 Å². The Hall–Kier alpha value is -0.610. The molecule has 0 amide bonds. The minimum atomic E-state index is 0.236. The first-order valence-corrected chi connectivity index (χ1v) is 6.11. The zero-order valence-electron chi connectivity index (χ0n) is 7.55. The number of allylic oxidation sites excluding steroid dienone is 2. The fourth-order valence-electron chi connectivity index (χ4n) is 1.38. The molecule has 1 N–H and O–H groups in total. The highest BCUT2D eigenvalue weighted by molar-refractivity contribution is 9.10. The Balaban J connectivity index is 1.89. The predicted octanol–water partition coefficient (Wildman–Crippen LogP) is 2.85. The Morgan fingerprint density at radius 3 is 2.93 bits per heavy atom. The normalized spacial score (nSPS) is 15.8. The van der Waals surface area contributed by atoms with E-state index in [9.17, 15) is 4.79 Å². The van der Waals surface area contributed by atoms with Crippen LogP contribution in [0, 0.1) is 0 Å². The van der Waals surface area contributed by atoms with E-state index >= 15 is 0 Å². The largest absolute Gasteiger partial charge is 0.383 e. The van der Waals surface area contributed by atoms with Crippen LogP contribution < -0.4 is 5.32 Å². The first kappa shape index (κ1) is 9.93. The number of nitrogens with one attached hydrogen (secondary N) is 1. The van der Waals surface area contributed by atoms with Crippen LogP contribution in [0.15, 0.2) is 27.7 Å². The SMILES string of the molecule is O=C1C=C(NCc2cc(Br)cs2)CC1. The van der Waals surface area contributed by atoms with Crippen LogP contribution in [-0.4, -0.2) is 5.78 Å². The molecule has 1 aromatic rings. The second kappa shape index (κ2) is 4.28. The highest BCUT2D eigenvalue weighted by Crippen LogP contribution is 2.20. The summed E-state index contributed by atoms with van der Waals surface area (Å²) in [6.45, 7) is 0.815. The van der Waals surface area contributed by atoms with Crippen molar-refractivity contribution in [1.82, 2.24) is 5.32 Å². The summed E-state index contributed by atoms with van der Waals surface area (Å²) in [6.07, 6.45) is 3.24. The van der Waals surface area contributed by atoms with Gasteiger partial charge >= 0.3 is 0 Å². The lowest BCUT2D eigenvalue weighted by Crippen LogP contribution is -2.09. The molecule has 0 spiro atoms. The number of hydrogen-bond donors (Lipinski definition) is 1. The summed E-state index contributed by atoms with van der Waals surface area (Å²) in [7, 11) is 0. The van der Waals surface area contributed by atoms with E-state index in [1.807, 2.05) is 0 Å². The molecule has 4 heteroatoms. The van der Waals surface area contributed by atoms with E-state index in [1.165, 1.54) is 4.88 Å². The molecule has 1 aromatic heterocycles. The zero-order chi connectivity index (χ0) is 9.97. The number of ketones is 1. The van der Waals surface area contributed by atoms with Crippen molar-refractivity contribution in [3.63, 3.8) is 0 Å². The Labute approximate surface area is 95.1 Å². The predicted molar refractivity (Wildman–Crippen MR) is 61.2 cm³/mol. The van der Waals surface area contributed by atoms with E-state index in [1.54, 1.807) is 17.4 Å². The third-order valence-corrected chi connectivity index (χ3v) is 3.79. The maximum absolute atomic E-state index is 10.9. The van der Waals surface area contributed by atoms with E-state index in [0.29, 0.717) is 6.42 Å². The summed E-state index contributed by atoms with van der Waals surface area (Å²) >= 11 is 5.12. The summed E-state index contributed by atoms with van der Waals surface area (Å²) in [6, 6.07) is 2.09. The molecule has 0 aromatic carbocycles. The van der Waals surface area contributed by atoms with Gasteiger partial charge in [0.25, 0.3) is 0 Å². The molecule has 14 heavy (non-hydrogen) atoms. The topological polar surface area (TPSA) is 29.1 Å². The van der Waals surface area contributed by atoms with Crippen molar-refractivity contribution >= 4 is 33.0 Å². The molecule has 0 unspecified atom stereocenters. The van der Waals surface area contributed by atoms with Gasteiger partial charge in [-0.25, -0.2) is 0 Å². The van der Waals surface area contributed by atoms with E-state index in [4.69, 9.17) is 0 Å². The van der Waals surface area contributed by atoms with Gasteiger partial charge in [0, 0.05) is 39.5 Å². The number of carbonyl (C=O) groups is 1. The van der Waals surface area contributed by atoms with Gasteiger partial charge in [-0.1, -0.05) is 0 Å². The Bertz CT molecular complexity index is 383. The second-order valence-electron chi connectivity index (χ2n) is 3.22. The smallest absolute Gasteiger partial charge is 0.157 e. The Morgan fingerprint density at radius 1 is 1.50 bits per heavy atom. The molecular weight excluding hydrogens is 262 g/mol. The van der Waals surface area contributed by atoms with Crippen molar-refractivity contribution in [2.24, 2.45) is 0 Å². The lowest BCUT2D eigenvalue weighted by atomic mass is 10.3. The molecular formula is C10H10BrNOS. The van der Waals surface area contributed by atoms with Crippen LogP contribution in [-0.2, 0) is 11.3 Å². The molecule has 1 aliphatic rings. The number of carbonyl (C=O) groups excluding carboxylic acids is 1. The first-order chi connectivity index (χ1) is 6.74. The Morgan fingerprint density at radius 2 is 2.36 bits per heavy atom. The van der Waals surface area contributed by atoms with E-state index in [2.05, 4.69) is 32.7 Å². The van der Waals surface area contributed by atoms with Gasteiger partial charge in [0.2, 0.25) is 0 Å². The molecule has 2 nitrogen and oxygen atoms in total. The average molecular weight is 272 g/mol. The van der Waals surface area contributed by atoms with Crippen molar-refractivity contribution in [1.29, 1.82) is 0 Å². The summed E-state index contributed by atoms with van der Waals surface area (Å²) in [5.74, 6) is 0.236. The average Bonchev–Trinajstić information content (AvgIpc) is 2.72. The monoisotopic (exact) mass is 271 g/mol. The first-order valence-electron chi connectivity index (χ1n) is 4.44. The third kappa shape index (κ3) is 2.45. The molecule has 0 radical (unpaired) electrons. The summed E-state index contributed by atoms with van der Waals surface area (Å²) in [4.78, 5) is 12.2. The van der Waals surface area contributed by atoms with Crippen LogP contribution >= 0.6 is 27.3 Å². The number of hydrogen-bond acceptors (Lipinski definition) is 3. The molecule has 0 saturated carbocycles. The van der Waals surface area contributed by atoms with Crippen LogP contribution in [0.5, 0.6) is 0 Å². The van der Waals surface area contributed by atoms with Gasteiger partial charge in [-0.2, -0.15) is 0 Å². The molecule has 0 atom stereocenters. The van der Waals surface area contributed by atoms with Crippen LogP contribution in [0.4, 0.5) is 0 Å². The highest BCUT2D eigenvalue weighted by Gasteiger charge is 2.11. The maximum Gasteiger partial charge on any atom is 0.157 e. The zero-order valence-corrected chi connectivity index (χ0v) is 9.95. The van der Waals surface area contributed by atoms with Crippen molar-refractivity contribution in [2.45, 2.75) is 19.4 Å². The summed E-state index contributed by atoms with van der Waals surface area (Å²) < 4.78 is 1.12. The standard InChI is InChI=1S/C10H10BrNOS/c11-7-3-10(14-6-7)5-12-8-1-2-9(13)4-8/h3-4,6,12H,1-2,5H2. The third-order valence-electron chi connectivity index (χ3n) is 2.09. The fraction of sp³-hybridized carbons (Fsp3) is 0.300. The van der Waals surface area contributed by atoms with Crippen molar-refractivity contribution in [3.05, 3.63) is 32.6 Å². The molecule has 1 heterocycles. The van der Waals surface area contributed by atoms with E-state index in [0.717, 1.165) is 23.1 Å². The van der Waals surface area contributed by atoms with Gasteiger partial charge in [0.1, 0.15) is 0 Å². The van der Waals surface area contributed by atoms with Gasteiger partial charge in [-0.15, -0.1) is 11.3 Å². The minimum absolute atomic E-state index is 0.236. The van der Waals surface area contributed by atoms with Crippen LogP contribution in [0.2, 0.25) is 0 Å². The van der Waals surface area contributed by atoms with Crippen molar-refractivity contribution in [2.75, 3.05) is 0 Å². The lowest BCUT2D eigenvalue weighted by Gasteiger charge is -2.03. The highest BCUT2D eigenvalue weighted by atomic mass is 79.9. The van der Waals surface area contributed by atoms with E-state index < -0.39 is 0 Å². The van der Waals surface area contributed by atoms with Crippen molar-refractivity contribution < 1.29 is 4.79 Å². The van der Waals surface area contributed by atoms with Crippen LogP contribution in [0.3, 0.4) is 0 Å². The maximum atomic E-state index is 10.9. The fourth-order valence-corrected chi connectivity index (χ4v) is 2.77. The molecule has 74 valence electrons. The molecule has 0 saturated heterocycles. The molecule has 0 bridgehead atoms. The molecule has 0 aliphatic heterocycles. The molecule has 1 aliphatic carbocycles. The number of rotatable bonds is 3. The van der Waals surface area contributed by atoms with Gasteiger partial charge < -0.3 is 5.32 Å². The van der Waals surface area contributed by atoms with Crippen LogP contribution in [0.1, 0.15) is 17.7 Å². The van der Waals surface area contributed by atoms with Gasteiger partial charge in [0.15, 0.2) is 5.78 Å². The number of thiophene rings is 1. The quantitative estimate of drug-likeness (QED) is 0.916. The molecule has 0 fully saturated rings. The number of halogens is 1. The molecule has 2 rings (SSSR count). The van der Waals surface area contributed by atoms with Gasteiger partial charge in [0.05, 0.1) is 0 Å². The second-order valence-corrected chi connectivity index (χ2v) is 5.13. The van der Waals surface area contributed by atoms with Gasteiger partial charge in [-0.3, -0.25) is 4.79 Å². The van der Waals surface area contributed by atoms with Crippen molar-refractivity contribution in [3.8, 4) is 0 Å². The van der Waals surface area contributed by atoms with E-state index in [-0.39, 0.29) is 5.78 Å². The Kier molecular flexibility index (Phi) is 3.03. The minimum Gasteiger partial charge on any atom is -0.383 e. The summed E-state index contributed by atoms with van der Waals surface area (Å²) in [5, 5.41) is 5.33. The van der Waals surface area contributed by atoms with Gasteiger partial charge in [-0.05, 0) is 28.4 Å². The lowest BCUT2D eigenvalue weighted by molar-refractivity contribution is -0.114. The summed E-state index contributed by atoms with van der Waals surface area (Å²) in [5.41, 5.74) is 1.07.